The molecule has 2 aromatic carbocycles. The largest absolute Gasteiger partial charge is 0.382 e. The third-order valence-corrected chi connectivity index (χ3v) is 5.95. The number of carbonyl (C=O) groups excluding carboxylic acids is 1. The van der Waals surface area contributed by atoms with Crippen molar-refractivity contribution in [3.63, 3.8) is 0 Å². The molecular formula is C21H19ClN6O. The van der Waals surface area contributed by atoms with E-state index in [-0.39, 0.29) is 11.9 Å². The molecule has 0 unspecified atom stereocenters. The molecule has 1 aliphatic rings. The zero-order chi connectivity index (χ0) is 20.3. The number of aromatic amines is 1. The molecule has 5 rings (SSSR count). The molecule has 0 spiro atoms. The Morgan fingerprint density at radius 3 is 2.93 bits per heavy atom. The third kappa shape index (κ3) is 2.61. The minimum atomic E-state index is -0.0488. The number of benzene rings is 2. The Kier molecular flexibility index (Phi) is 3.89. The summed E-state index contributed by atoms with van der Waals surface area (Å²) in [6.45, 7) is 6.84. The van der Waals surface area contributed by atoms with Gasteiger partial charge >= 0.3 is 0 Å². The molecule has 0 bridgehead atoms. The monoisotopic (exact) mass is 406 g/mol. The second-order valence-corrected chi connectivity index (χ2v) is 7.77. The van der Waals surface area contributed by atoms with Crippen molar-refractivity contribution in [1.82, 2.24) is 24.6 Å². The lowest BCUT2D eigenvalue weighted by Crippen LogP contribution is -2.49. The maximum Gasteiger partial charge on any atom is 0.246 e. The predicted octanol–water partition coefficient (Wildman–Crippen LogP) is 3.69. The van der Waals surface area contributed by atoms with Gasteiger partial charge in [0.25, 0.3) is 0 Å². The van der Waals surface area contributed by atoms with Crippen molar-refractivity contribution in [2.24, 2.45) is 0 Å². The normalized spacial score (nSPS) is 14.5. The van der Waals surface area contributed by atoms with Crippen LogP contribution in [0, 0.1) is 6.92 Å². The van der Waals surface area contributed by atoms with Gasteiger partial charge in [-0.2, -0.15) is 5.10 Å². The Hall–Kier alpha value is -3.32. The lowest BCUT2D eigenvalue weighted by atomic mass is 9.96. The van der Waals surface area contributed by atoms with E-state index in [4.69, 9.17) is 17.3 Å². The van der Waals surface area contributed by atoms with Crippen LogP contribution in [-0.2, 0) is 4.79 Å². The zero-order valence-corrected chi connectivity index (χ0v) is 16.6. The van der Waals surface area contributed by atoms with Gasteiger partial charge in [0, 0.05) is 18.7 Å². The summed E-state index contributed by atoms with van der Waals surface area (Å²) in [7, 11) is 0. The minimum absolute atomic E-state index is 0.0488. The number of nitrogen functional groups attached to an aromatic ring is 1. The Bertz CT molecular complexity index is 1300. The highest BCUT2D eigenvalue weighted by Gasteiger charge is 2.31. The summed E-state index contributed by atoms with van der Waals surface area (Å²) in [6, 6.07) is 8.10. The van der Waals surface area contributed by atoms with Gasteiger partial charge in [-0.25, -0.2) is 4.98 Å². The number of hydrogen-bond acceptors (Lipinski definition) is 4. The average molecular weight is 407 g/mol. The van der Waals surface area contributed by atoms with E-state index in [0.29, 0.717) is 23.9 Å². The smallest absolute Gasteiger partial charge is 0.246 e. The molecule has 7 nitrogen and oxygen atoms in total. The van der Waals surface area contributed by atoms with Crippen LogP contribution in [0.3, 0.4) is 0 Å². The molecule has 1 saturated heterocycles. The number of halogens is 1. The van der Waals surface area contributed by atoms with Crippen LogP contribution in [0.2, 0.25) is 5.02 Å². The number of rotatable bonds is 3. The van der Waals surface area contributed by atoms with Crippen LogP contribution in [0.25, 0.3) is 33.1 Å². The quantitative estimate of drug-likeness (QED) is 0.507. The highest BCUT2D eigenvalue weighted by atomic mass is 35.5. The number of nitrogens with zero attached hydrogens (tertiary/aromatic N) is 4. The Morgan fingerprint density at radius 2 is 2.17 bits per heavy atom. The molecule has 1 aliphatic heterocycles. The number of likely N-dealkylation sites (tertiary alicyclic amines) is 1. The van der Waals surface area contributed by atoms with Crippen LogP contribution in [0.5, 0.6) is 0 Å². The number of anilines is 1. The van der Waals surface area contributed by atoms with E-state index >= 15 is 0 Å². The fraction of sp³-hybridized carbons (Fsp3) is 0.190. The van der Waals surface area contributed by atoms with Gasteiger partial charge in [0.1, 0.15) is 0 Å². The Balaban J connectivity index is 1.60. The summed E-state index contributed by atoms with van der Waals surface area (Å²) in [4.78, 5) is 18.1. The van der Waals surface area contributed by atoms with E-state index in [9.17, 15) is 4.79 Å². The van der Waals surface area contributed by atoms with Crippen molar-refractivity contribution in [3.05, 3.63) is 53.8 Å². The summed E-state index contributed by atoms with van der Waals surface area (Å²) in [5.74, 6) is 0.397. The summed E-state index contributed by atoms with van der Waals surface area (Å²) < 4.78 is 2.08. The fourth-order valence-electron chi connectivity index (χ4n) is 4.06. The highest BCUT2D eigenvalue weighted by Crippen LogP contribution is 2.40. The standard InChI is InChI=1S/C21H19ClN6O/c1-3-18(29)27-8-12(9-27)28-10-24-16-6-13(14(22)7-17(16)28)19-11(2)4-5-15-20(19)21(23)26-25-15/h3-7,10,12H,1,8-9H2,2H3,(H3,23,25,26). The van der Waals surface area contributed by atoms with E-state index < -0.39 is 0 Å². The van der Waals surface area contributed by atoms with Gasteiger partial charge in [-0.05, 0) is 42.3 Å². The van der Waals surface area contributed by atoms with E-state index in [1.165, 1.54) is 6.08 Å². The molecule has 8 heteroatoms. The maximum atomic E-state index is 11.7. The zero-order valence-electron chi connectivity index (χ0n) is 15.8. The van der Waals surface area contributed by atoms with Gasteiger partial charge in [-0.15, -0.1) is 0 Å². The van der Waals surface area contributed by atoms with E-state index in [1.54, 1.807) is 4.90 Å². The lowest BCUT2D eigenvalue weighted by molar-refractivity contribution is -0.131. The lowest BCUT2D eigenvalue weighted by Gasteiger charge is -2.39. The first-order chi connectivity index (χ1) is 14.0. The number of H-pyrrole nitrogens is 1. The van der Waals surface area contributed by atoms with Crippen molar-refractivity contribution in [2.45, 2.75) is 13.0 Å². The fourth-order valence-corrected chi connectivity index (χ4v) is 4.31. The number of hydrogen-bond donors (Lipinski definition) is 2. The molecule has 0 radical (unpaired) electrons. The van der Waals surface area contributed by atoms with E-state index in [2.05, 4.69) is 26.3 Å². The molecule has 146 valence electrons. The van der Waals surface area contributed by atoms with Crippen LogP contribution in [0.15, 0.2) is 43.2 Å². The second-order valence-electron chi connectivity index (χ2n) is 7.36. The van der Waals surface area contributed by atoms with E-state index in [0.717, 1.165) is 38.6 Å². The van der Waals surface area contributed by atoms with Crippen molar-refractivity contribution < 1.29 is 4.79 Å². The number of amides is 1. The maximum absolute atomic E-state index is 11.7. The van der Waals surface area contributed by atoms with Gasteiger partial charge in [-0.3, -0.25) is 9.89 Å². The summed E-state index contributed by atoms with van der Waals surface area (Å²) in [6.07, 6.45) is 3.15. The Labute approximate surface area is 171 Å². The topological polar surface area (TPSA) is 92.8 Å². The molecule has 1 fully saturated rings. The van der Waals surface area contributed by atoms with Gasteiger partial charge in [0.15, 0.2) is 5.82 Å². The third-order valence-electron chi connectivity index (χ3n) is 5.64. The van der Waals surface area contributed by atoms with Crippen molar-refractivity contribution in [1.29, 1.82) is 0 Å². The SMILES string of the molecule is C=CC(=O)N1CC(n2cnc3cc(-c4c(C)ccc5[nH]nc(N)c45)c(Cl)cc32)C1. The van der Waals surface area contributed by atoms with Crippen LogP contribution in [0.1, 0.15) is 11.6 Å². The summed E-state index contributed by atoms with van der Waals surface area (Å²) in [5, 5.41) is 8.58. The average Bonchev–Trinajstić information content (AvgIpc) is 3.24. The molecule has 0 saturated carbocycles. The number of aryl methyl sites for hydroxylation is 1. The number of nitrogens with one attached hydrogen (secondary N) is 1. The molecule has 0 atom stereocenters. The van der Waals surface area contributed by atoms with Gasteiger partial charge in [-0.1, -0.05) is 24.2 Å². The molecular weight excluding hydrogens is 388 g/mol. The van der Waals surface area contributed by atoms with Gasteiger partial charge < -0.3 is 15.2 Å². The molecule has 3 heterocycles. The predicted molar refractivity (Wildman–Crippen MR) is 115 cm³/mol. The van der Waals surface area contributed by atoms with Crippen molar-refractivity contribution >= 4 is 45.3 Å². The van der Waals surface area contributed by atoms with Crippen LogP contribution in [0.4, 0.5) is 5.82 Å². The van der Waals surface area contributed by atoms with Gasteiger partial charge in [0.05, 0.1) is 39.3 Å². The molecule has 1 amide bonds. The molecule has 3 N–H and O–H groups in total. The van der Waals surface area contributed by atoms with Crippen molar-refractivity contribution in [3.8, 4) is 11.1 Å². The number of nitrogens with two attached hydrogens (primary N) is 1. The number of fused-ring (bicyclic) bond motifs is 2. The second kappa shape index (κ2) is 6.35. The van der Waals surface area contributed by atoms with Crippen LogP contribution >= 0.6 is 11.6 Å². The van der Waals surface area contributed by atoms with E-state index in [1.807, 2.05) is 37.5 Å². The number of imidazole rings is 1. The first kappa shape index (κ1) is 17.8. The first-order valence-corrected chi connectivity index (χ1v) is 9.66. The first-order valence-electron chi connectivity index (χ1n) is 9.29. The summed E-state index contributed by atoms with van der Waals surface area (Å²) >= 11 is 6.74. The number of aromatic nitrogens is 4. The molecule has 4 aromatic rings. The molecule has 29 heavy (non-hydrogen) atoms. The Morgan fingerprint density at radius 1 is 1.38 bits per heavy atom. The molecule has 2 aromatic heterocycles. The summed E-state index contributed by atoms with van der Waals surface area (Å²) in [5.41, 5.74) is 11.7. The minimum Gasteiger partial charge on any atom is -0.382 e. The number of carbonyl (C=O) groups is 1. The highest BCUT2D eigenvalue weighted by molar-refractivity contribution is 6.34. The van der Waals surface area contributed by atoms with Crippen LogP contribution < -0.4 is 5.73 Å². The van der Waals surface area contributed by atoms with Crippen molar-refractivity contribution in [2.75, 3.05) is 18.8 Å². The molecule has 0 aliphatic carbocycles. The van der Waals surface area contributed by atoms with Gasteiger partial charge in [0.2, 0.25) is 5.91 Å². The van der Waals surface area contributed by atoms with Crippen LogP contribution in [-0.4, -0.2) is 43.6 Å².